The summed E-state index contributed by atoms with van der Waals surface area (Å²) in [7, 11) is 0. The van der Waals surface area contributed by atoms with Crippen LogP contribution in [0, 0.1) is 34.5 Å². The van der Waals surface area contributed by atoms with E-state index >= 15 is 0 Å². The van der Waals surface area contributed by atoms with Crippen molar-refractivity contribution >= 4 is 45.9 Å². The van der Waals surface area contributed by atoms with E-state index in [-0.39, 0.29) is 53.2 Å². The average molecular weight is 927 g/mol. The maximum Gasteiger partial charge on any atom is 0.230 e. The summed E-state index contributed by atoms with van der Waals surface area (Å²) in [6, 6.07) is 36.6. The van der Waals surface area contributed by atoms with Gasteiger partial charge in [-0.2, -0.15) is 10.5 Å². The van der Waals surface area contributed by atoms with Crippen LogP contribution >= 0.6 is 0 Å². The molecule has 0 saturated carbocycles. The quantitative estimate of drug-likeness (QED) is 0.0822. The fourth-order valence-corrected chi connectivity index (χ4v) is 10.1. The highest BCUT2D eigenvalue weighted by Crippen LogP contribution is 2.41. The maximum absolute atomic E-state index is 11.3. The third-order valence-electron chi connectivity index (χ3n) is 14.1. The summed E-state index contributed by atoms with van der Waals surface area (Å²) in [6.45, 7) is 11.8. The Morgan fingerprint density at radius 1 is 0.657 bits per heavy atom. The van der Waals surface area contributed by atoms with Gasteiger partial charge in [0.15, 0.2) is 12.2 Å². The molecule has 4 heterocycles. The number of hydrogen-bond acceptors (Lipinski definition) is 8. The van der Waals surface area contributed by atoms with E-state index in [1.807, 2.05) is 91.0 Å². The third-order valence-corrected chi connectivity index (χ3v) is 14.1. The molecule has 0 amide bonds. The lowest BCUT2D eigenvalue weighted by Gasteiger charge is -2.21. The van der Waals surface area contributed by atoms with Crippen LogP contribution in [0.4, 0.5) is 0 Å². The summed E-state index contributed by atoms with van der Waals surface area (Å²) in [5.74, 6) is 2.70. The number of aliphatic imine (C=N–C) groups is 2. The van der Waals surface area contributed by atoms with Crippen molar-refractivity contribution in [1.29, 1.82) is 10.5 Å². The van der Waals surface area contributed by atoms with Crippen molar-refractivity contribution < 1.29 is 18.9 Å². The molecule has 2 N–H and O–H groups in total. The van der Waals surface area contributed by atoms with Crippen molar-refractivity contribution in [2.45, 2.75) is 90.0 Å². The number of hydrogen-bond donors (Lipinski definition) is 2. The molecule has 10 heteroatoms. The van der Waals surface area contributed by atoms with Crippen molar-refractivity contribution in [2.75, 3.05) is 13.2 Å². The highest BCUT2D eigenvalue weighted by molar-refractivity contribution is 6.24. The number of benzene rings is 4. The topological polar surface area (TPSA) is 141 Å². The number of aromatic nitrogens is 2. The number of nitriles is 2. The summed E-state index contributed by atoms with van der Waals surface area (Å²) < 4.78 is 26.1. The number of unbranched alkanes of at least 4 members (excludes halogenated alkanes) is 2. The van der Waals surface area contributed by atoms with Gasteiger partial charge in [-0.3, -0.25) is 0 Å². The van der Waals surface area contributed by atoms with Gasteiger partial charge in [0, 0.05) is 27.8 Å². The Bertz CT molecular complexity index is 3160. The van der Waals surface area contributed by atoms with Crippen molar-refractivity contribution in [3.8, 4) is 46.2 Å². The molecule has 10 nitrogen and oxygen atoms in total. The lowest BCUT2D eigenvalue weighted by molar-refractivity contribution is 0.211. The fraction of sp³-hybridized carbons (Fsp3) is 0.300. The number of rotatable bonds is 18. The van der Waals surface area contributed by atoms with Gasteiger partial charge >= 0.3 is 0 Å². The SMILES string of the molecule is C=CC(CCCC)COc1ccc(-c2[nH]/c(=C(/C#N)C3=NC4C=Cc5ccccc5C4O3)c3c(-c4ccc(OCC(CC)CCCC)cc4)[nH]/c(=C(/C#N)C4=NC5C=Cc6ccccc6C5O4)c23)cc1. The van der Waals surface area contributed by atoms with Crippen LogP contribution < -0.4 is 20.2 Å². The number of ether oxygens (including phenoxy) is 4. The van der Waals surface area contributed by atoms with Crippen molar-refractivity contribution in [1.82, 2.24) is 9.97 Å². The predicted molar refractivity (Wildman–Crippen MR) is 279 cm³/mol. The summed E-state index contributed by atoms with van der Waals surface area (Å²) >= 11 is 0. The Hall–Kier alpha value is -7.82. The number of fused-ring (bicyclic) bond motifs is 7. The van der Waals surface area contributed by atoms with Crippen LogP contribution in [0.1, 0.15) is 100 Å². The molecule has 352 valence electrons. The minimum atomic E-state index is -0.387. The Labute approximate surface area is 409 Å². The van der Waals surface area contributed by atoms with E-state index in [0.29, 0.717) is 52.0 Å². The Morgan fingerprint density at radius 2 is 1.13 bits per heavy atom. The van der Waals surface area contributed by atoms with Gasteiger partial charge in [0.25, 0.3) is 0 Å². The first kappa shape index (κ1) is 45.9. The van der Waals surface area contributed by atoms with Crippen LogP contribution in [0.25, 0.3) is 56.6 Å². The molecule has 2 aliphatic heterocycles. The lowest BCUT2D eigenvalue weighted by atomic mass is 9.92. The Morgan fingerprint density at radius 3 is 1.59 bits per heavy atom. The van der Waals surface area contributed by atoms with Gasteiger partial charge in [-0.25, -0.2) is 9.98 Å². The number of nitrogens with one attached hydrogen (secondary N) is 2. The second kappa shape index (κ2) is 20.4. The highest BCUT2D eigenvalue weighted by Gasteiger charge is 2.38. The molecule has 70 heavy (non-hydrogen) atoms. The molecule has 4 aromatic carbocycles. The van der Waals surface area contributed by atoms with E-state index in [4.69, 9.17) is 28.9 Å². The summed E-state index contributed by atoms with van der Waals surface area (Å²) in [5, 5.41) is 25.0. The van der Waals surface area contributed by atoms with E-state index in [9.17, 15) is 10.5 Å². The molecule has 0 saturated heterocycles. The smallest absolute Gasteiger partial charge is 0.230 e. The summed E-state index contributed by atoms with van der Waals surface area (Å²) in [4.78, 5) is 17.5. The zero-order valence-electron chi connectivity index (χ0n) is 40.1. The Balaban J connectivity index is 1.16. The molecule has 6 atom stereocenters. The zero-order valence-corrected chi connectivity index (χ0v) is 40.1. The second-order valence-electron chi connectivity index (χ2n) is 18.6. The van der Waals surface area contributed by atoms with E-state index in [2.05, 4.69) is 85.9 Å². The van der Waals surface area contributed by atoms with Crippen LogP contribution in [0.15, 0.2) is 132 Å². The standard InChI is InChI=1S/C60H58N6O4/c1-5-9-15-37(7-3)35-67-43-27-21-41(22-28-43)53-51-52(56(65-53)48(34-62)60-64-50-32-26-40-18-12-14-20-46(40)58(50)70-60)54(42-23-29-44(30-24-42)68-36-38(8-4)16-10-6-2)66-55(51)47(33-61)59-63-49-31-25-39-17-11-13-19-45(39)57(49)69-59/h7,11-14,17-32,37-38,49-50,57-58,65-66H,3,5-6,8-10,15-16,35-36H2,1-2,4H3/b55-47-,56-48-. The van der Waals surface area contributed by atoms with Crippen LogP contribution in [0.2, 0.25) is 0 Å². The molecule has 6 unspecified atom stereocenters. The molecule has 2 aliphatic carbocycles. The van der Waals surface area contributed by atoms with Crippen LogP contribution in [0.3, 0.4) is 0 Å². The molecule has 0 fully saturated rings. The van der Waals surface area contributed by atoms with E-state index in [1.54, 1.807) is 0 Å². The largest absolute Gasteiger partial charge is 0.493 e. The molecule has 0 bridgehead atoms. The van der Waals surface area contributed by atoms with E-state index in [1.165, 1.54) is 6.42 Å². The first-order valence-electron chi connectivity index (χ1n) is 24.9. The lowest BCUT2D eigenvalue weighted by Crippen LogP contribution is -2.18. The second-order valence-corrected chi connectivity index (χ2v) is 18.6. The molecular formula is C60H58N6O4. The molecule has 6 aromatic rings. The third kappa shape index (κ3) is 8.87. The van der Waals surface area contributed by atoms with Gasteiger partial charge in [-0.1, -0.05) is 132 Å². The maximum atomic E-state index is 11.3. The first-order valence-corrected chi connectivity index (χ1v) is 24.9. The normalized spacial score (nSPS) is 20.0. The average Bonchev–Trinajstić information content (AvgIpc) is 4.21. The molecule has 4 aliphatic rings. The van der Waals surface area contributed by atoms with Crippen molar-refractivity contribution in [2.24, 2.45) is 21.8 Å². The Kier molecular flexibility index (Phi) is 13.4. The first-order chi connectivity index (χ1) is 34.4. The van der Waals surface area contributed by atoms with Crippen molar-refractivity contribution in [3.63, 3.8) is 0 Å². The van der Waals surface area contributed by atoms with Crippen LogP contribution in [-0.2, 0) is 9.47 Å². The van der Waals surface area contributed by atoms with Gasteiger partial charge < -0.3 is 28.9 Å². The molecule has 2 aromatic heterocycles. The van der Waals surface area contributed by atoms with Gasteiger partial charge in [-0.15, -0.1) is 6.58 Å². The number of nitrogens with zero attached hydrogens (tertiary/aromatic N) is 4. The van der Waals surface area contributed by atoms with Crippen molar-refractivity contribution in [3.05, 3.63) is 155 Å². The van der Waals surface area contributed by atoms with Crippen LogP contribution in [0.5, 0.6) is 11.5 Å². The monoisotopic (exact) mass is 926 g/mol. The highest BCUT2D eigenvalue weighted by atomic mass is 16.5. The molecule has 0 spiro atoms. The minimum Gasteiger partial charge on any atom is -0.493 e. The van der Waals surface area contributed by atoms with E-state index < -0.39 is 0 Å². The molecule has 0 radical (unpaired) electrons. The zero-order chi connectivity index (χ0) is 48.1. The minimum absolute atomic E-state index is 0.240. The summed E-state index contributed by atoms with van der Waals surface area (Å²) in [5.41, 5.74) is 7.64. The van der Waals surface area contributed by atoms with Gasteiger partial charge in [-0.05, 0) is 89.5 Å². The van der Waals surface area contributed by atoms with E-state index in [0.717, 1.165) is 83.4 Å². The molecule has 10 rings (SSSR count). The number of aromatic amines is 2. The van der Waals surface area contributed by atoms with Gasteiger partial charge in [0.05, 0.1) is 35.3 Å². The van der Waals surface area contributed by atoms with Gasteiger partial charge in [0.2, 0.25) is 11.8 Å². The van der Waals surface area contributed by atoms with Gasteiger partial charge in [0.1, 0.15) is 46.9 Å². The number of H-pyrrole nitrogens is 2. The fourth-order valence-electron chi connectivity index (χ4n) is 10.1. The summed E-state index contributed by atoms with van der Waals surface area (Å²) in [6.07, 6.45) is 17.1. The van der Waals surface area contributed by atoms with Crippen LogP contribution in [-0.4, -0.2) is 47.1 Å². The molecular weight excluding hydrogens is 869 g/mol. The predicted octanol–water partition coefficient (Wildman–Crippen LogP) is 12.3.